The molecule has 1 saturated carbocycles. The Morgan fingerprint density at radius 3 is 3.33 bits per heavy atom. The summed E-state index contributed by atoms with van der Waals surface area (Å²) in [4.78, 5) is 0. The van der Waals surface area contributed by atoms with Crippen LogP contribution in [0.4, 0.5) is 5.82 Å². The van der Waals surface area contributed by atoms with E-state index in [1.807, 2.05) is 4.68 Å². The van der Waals surface area contributed by atoms with Gasteiger partial charge in [-0.15, -0.1) is 5.10 Å². The second-order valence-corrected chi connectivity index (χ2v) is 5.23. The molecule has 18 heavy (non-hydrogen) atoms. The van der Waals surface area contributed by atoms with Crippen molar-refractivity contribution in [2.24, 2.45) is 11.7 Å². The van der Waals surface area contributed by atoms with Gasteiger partial charge in [-0.2, -0.15) is 0 Å². The zero-order valence-corrected chi connectivity index (χ0v) is 10.7. The highest BCUT2D eigenvalue weighted by molar-refractivity contribution is 5.36. The van der Waals surface area contributed by atoms with E-state index < -0.39 is 0 Å². The largest absolute Gasteiger partial charge is 0.376 e. The van der Waals surface area contributed by atoms with Crippen molar-refractivity contribution in [2.75, 3.05) is 11.9 Å². The normalized spacial score (nSPS) is 34.8. The third-order valence-corrected chi connectivity index (χ3v) is 4.04. The van der Waals surface area contributed by atoms with E-state index in [-0.39, 0.29) is 18.2 Å². The van der Waals surface area contributed by atoms with Gasteiger partial charge in [0.25, 0.3) is 0 Å². The Balaban J connectivity index is 1.67. The summed E-state index contributed by atoms with van der Waals surface area (Å²) in [5, 5.41) is 11.5. The molecule has 1 aromatic heterocycles. The molecule has 0 amide bonds. The molecular weight excluding hydrogens is 230 g/mol. The number of aryl methyl sites for hydroxylation is 1. The molecule has 4 unspecified atom stereocenters. The van der Waals surface area contributed by atoms with Gasteiger partial charge in [-0.25, -0.2) is 4.68 Å². The molecule has 3 rings (SSSR count). The monoisotopic (exact) mass is 251 g/mol. The Bertz CT molecular complexity index is 407. The van der Waals surface area contributed by atoms with Crippen molar-refractivity contribution in [3.8, 4) is 0 Å². The summed E-state index contributed by atoms with van der Waals surface area (Å²) in [6.07, 6.45) is 5.39. The zero-order valence-electron chi connectivity index (χ0n) is 10.7. The van der Waals surface area contributed by atoms with Gasteiger partial charge >= 0.3 is 0 Å². The minimum Gasteiger partial charge on any atom is -0.376 e. The first-order valence-corrected chi connectivity index (χ1v) is 6.83. The van der Waals surface area contributed by atoms with Crippen LogP contribution in [0.5, 0.6) is 0 Å². The lowest BCUT2D eigenvalue weighted by atomic mass is 9.69. The third-order valence-electron chi connectivity index (χ3n) is 4.04. The van der Waals surface area contributed by atoms with Crippen molar-refractivity contribution in [1.82, 2.24) is 15.0 Å². The Morgan fingerprint density at radius 2 is 2.50 bits per heavy atom. The van der Waals surface area contributed by atoms with E-state index in [4.69, 9.17) is 10.5 Å². The predicted octanol–water partition coefficient (Wildman–Crippen LogP) is 0.605. The second kappa shape index (κ2) is 4.85. The fraction of sp³-hybridized carbons (Fsp3) is 0.833. The number of fused-ring (bicyclic) bond motifs is 1. The molecule has 4 atom stereocenters. The maximum Gasteiger partial charge on any atom is 0.145 e. The molecular formula is C12H21N5O. The first-order chi connectivity index (χ1) is 8.81. The number of nitrogens with one attached hydrogen (secondary N) is 1. The van der Waals surface area contributed by atoms with Crippen molar-refractivity contribution >= 4 is 5.82 Å². The van der Waals surface area contributed by atoms with Crippen molar-refractivity contribution in [3.05, 3.63) is 6.20 Å². The number of nitrogens with two attached hydrogens (primary N) is 1. The van der Waals surface area contributed by atoms with E-state index in [2.05, 4.69) is 22.6 Å². The van der Waals surface area contributed by atoms with Gasteiger partial charge in [0.15, 0.2) is 0 Å². The number of rotatable bonds is 4. The lowest BCUT2D eigenvalue weighted by molar-refractivity contribution is -0.104. The Labute approximate surface area is 107 Å². The van der Waals surface area contributed by atoms with Gasteiger partial charge in [0, 0.05) is 25.1 Å². The minimum atomic E-state index is 0.181. The maximum absolute atomic E-state index is 6.23. The summed E-state index contributed by atoms with van der Waals surface area (Å²) in [5.74, 6) is 1.47. The molecule has 1 aliphatic carbocycles. The lowest BCUT2D eigenvalue weighted by Gasteiger charge is -2.52. The molecule has 2 aliphatic rings. The van der Waals surface area contributed by atoms with Crippen LogP contribution < -0.4 is 11.1 Å². The van der Waals surface area contributed by atoms with Crippen molar-refractivity contribution in [3.63, 3.8) is 0 Å². The summed E-state index contributed by atoms with van der Waals surface area (Å²) < 4.78 is 7.71. The fourth-order valence-corrected chi connectivity index (χ4v) is 3.04. The van der Waals surface area contributed by atoms with Crippen molar-refractivity contribution in [1.29, 1.82) is 0 Å². The summed E-state index contributed by atoms with van der Waals surface area (Å²) >= 11 is 0. The third kappa shape index (κ3) is 1.89. The van der Waals surface area contributed by atoms with Gasteiger partial charge in [-0.05, 0) is 19.3 Å². The molecule has 1 aliphatic heterocycles. The molecule has 3 N–H and O–H groups in total. The van der Waals surface area contributed by atoms with Crippen molar-refractivity contribution < 1.29 is 4.74 Å². The molecule has 2 fully saturated rings. The highest BCUT2D eigenvalue weighted by Crippen LogP contribution is 2.38. The smallest absolute Gasteiger partial charge is 0.145 e. The first-order valence-electron chi connectivity index (χ1n) is 6.83. The highest BCUT2D eigenvalue weighted by Gasteiger charge is 2.50. The van der Waals surface area contributed by atoms with Crippen LogP contribution in [0.15, 0.2) is 6.20 Å². The standard InChI is InChI=1S/C12H21N5O/c1-2-5-17-9(7-14-16-17)15-11-10(13)8-4-3-6-18-12(8)11/h7-8,10-12,15H,2-6,13H2,1H3. The van der Waals surface area contributed by atoms with Crippen LogP contribution in [0.25, 0.3) is 0 Å². The van der Waals surface area contributed by atoms with E-state index in [1.165, 1.54) is 6.42 Å². The van der Waals surface area contributed by atoms with Gasteiger partial charge in [-0.3, -0.25) is 0 Å². The lowest BCUT2D eigenvalue weighted by Crippen LogP contribution is -2.69. The van der Waals surface area contributed by atoms with Gasteiger partial charge < -0.3 is 15.8 Å². The number of hydrogen-bond acceptors (Lipinski definition) is 5. The fourth-order valence-electron chi connectivity index (χ4n) is 3.04. The quantitative estimate of drug-likeness (QED) is 0.819. The number of aromatic nitrogens is 3. The molecule has 6 heteroatoms. The summed E-state index contributed by atoms with van der Waals surface area (Å²) in [6, 6.07) is 0.379. The van der Waals surface area contributed by atoms with E-state index >= 15 is 0 Å². The SMILES string of the molecule is CCCn1nncc1NC1C(N)C2CCCOC21. The van der Waals surface area contributed by atoms with Crippen LogP contribution >= 0.6 is 0 Å². The van der Waals surface area contributed by atoms with Crippen LogP contribution in [0.3, 0.4) is 0 Å². The molecule has 0 bridgehead atoms. The molecule has 6 nitrogen and oxygen atoms in total. The van der Waals surface area contributed by atoms with Crippen LogP contribution in [-0.4, -0.2) is 39.8 Å². The average molecular weight is 251 g/mol. The number of hydrogen-bond donors (Lipinski definition) is 2. The zero-order chi connectivity index (χ0) is 12.5. The Morgan fingerprint density at radius 1 is 1.61 bits per heavy atom. The van der Waals surface area contributed by atoms with E-state index in [0.717, 1.165) is 31.8 Å². The van der Waals surface area contributed by atoms with Crippen LogP contribution in [0.1, 0.15) is 26.2 Å². The first kappa shape index (κ1) is 11.9. The molecule has 1 saturated heterocycles. The maximum atomic E-state index is 6.23. The molecule has 2 heterocycles. The predicted molar refractivity (Wildman–Crippen MR) is 68.2 cm³/mol. The average Bonchev–Trinajstić information content (AvgIpc) is 2.83. The molecule has 0 spiro atoms. The Kier molecular flexibility index (Phi) is 3.22. The number of ether oxygens (including phenoxy) is 1. The Hall–Kier alpha value is -1.14. The molecule has 1 aromatic rings. The van der Waals surface area contributed by atoms with E-state index in [1.54, 1.807) is 6.20 Å². The van der Waals surface area contributed by atoms with Crippen LogP contribution in [0.2, 0.25) is 0 Å². The van der Waals surface area contributed by atoms with E-state index in [0.29, 0.717) is 5.92 Å². The molecule has 0 radical (unpaired) electrons. The van der Waals surface area contributed by atoms with Gasteiger partial charge in [0.1, 0.15) is 5.82 Å². The molecule has 100 valence electrons. The van der Waals surface area contributed by atoms with Crippen molar-refractivity contribution in [2.45, 2.75) is 50.9 Å². The van der Waals surface area contributed by atoms with Crippen LogP contribution in [0, 0.1) is 5.92 Å². The van der Waals surface area contributed by atoms with Gasteiger partial charge in [0.05, 0.1) is 18.3 Å². The van der Waals surface area contributed by atoms with Crippen LogP contribution in [-0.2, 0) is 11.3 Å². The second-order valence-electron chi connectivity index (χ2n) is 5.23. The summed E-state index contributed by atoms with van der Waals surface area (Å²) in [5.41, 5.74) is 6.23. The van der Waals surface area contributed by atoms with Gasteiger partial charge in [0.2, 0.25) is 0 Å². The van der Waals surface area contributed by atoms with Gasteiger partial charge in [-0.1, -0.05) is 12.1 Å². The number of nitrogens with zero attached hydrogens (tertiary/aromatic N) is 3. The topological polar surface area (TPSA) is 78.0 Å². The number of anilines is 1. The minimum absolute atomic E-state index is 0.181. The highest BCUT2D eigenvalue weighted by atomic mass is 16.5. The van der Waals surface area contributed by atoms with E-state index in [9.17, 15) is 0 Å². The molecule has 0 aromatic carbocycles. The summed E-state index contributed by atoms with van der Waals surface area (Å²) in [6.45, 7) is 3.86. The summed E-state index contributed by atoms with van der Waals surface area (Å²) in [7, 11) is 0.